The number of hydrogen-bond donors (Lipinski definition) is 0. The van der Waals surface area contributed by atoms with Gasteiger partial charge in [0.15, 0.2) is 0 Å². The maximum atomic E-state index is 13.3. The number of carbonyl (C=O) groups excluding carboxylic acids is 2. The highest BCUT2D eigenvalue weighted by Crippen LogP contribution is 2.21. The van der Waals surface area contributed by atoms with E-state index in [-0.39, 0.29) is 22.9 Å². The zero-order chi connectivity index (χ0) is 19.4. The maximum absolute atomic E-state index is 13.3. The number of amides is 2. The standard InChI is InChI=1S/C19H25ClFN3O3/c1-27-12-11-24-8-5-17(19(24)26)22-6-2-7-23(10-9-22)18(25)14-3-4-16(21)15(20)13-14/h3-4,13,17H,2,5-12H2,1H3/t17-/m0/s1. The van der Waals surface area contributed by atoms with E-state index in [0.717, 1.165) is 25.9 Å². The summed E-state index contributed by atoms with van der Waals surface area (Å²) in [6.07, 6.45) is 1.60. The zero-order valence-electron chi connectivity index (χ0n) is 15.5. The molecule has 2 aliphatic heterocycles. The summed E-state index contributed by atoms with van der Waals surface area (Å²) in [5.74, 6) is -0.539. The molecule has 0 N–H and O–H groups in total. The SMILES string of the molecule is COCCN1CC[C@H](N2CCCN(C(=O)c3ccc(F)c(Cl)c3)CC2)C1=O. The maximum Gasteiger partial charge on any atom is 0.253 e. The van der Waals surface area contributed by atoms with Gasteiger partial charge in [-0.1, -0.05) is 11.6 Å². The third-order valence-electron chi connectivity index (χ3n) is 5.26. The second-order valence-corrected chi connectivity index (χ2v) is 7.34. The average molecular weight is 398 g/mol. The molecule has 0 saturated carbocycles. The van der Waals surface area contributed by atoms with Crippen LogP contribution in [-0.2, 0) is 9.53 Å². The average Bonchev–Trinajstić information content (AvgIpc) is 2.87. The summed E-state index contributed by atoms with van der Waals surface area (Å²) >= 11 is 5.80. The number of ether oxygens (including phenoxy) is 1. The van der Waals surface area contributed by atoms with Gasteiger partial charge in [0.2, 0.25) is 5.91 Å². The fourth-order valence-corrected chi connectivity index (χ4v) is 3.93. The Morgan fingerprint density at radius 1 is 1.26 bits per heavy atom. The van der Waals surface area contributed by atoms with Crippen molar-refractivity contribution in [1.29, 1.82) is 0 Å². The third kappa shape index (κ3) is 4.59. The van der Waals surface area contributed by atoms with Gasteiger partial charge in [0, 0.05) is 51.9 Å². The van der Waals surface area contributed by atoms with Gasteiger partial charge < -0.3 is 14.5 Å². The number of carbonyl (C=O) groups is 2. The molecule has 8 heteroatoms. The molecule has 0 aromatic heterocycles. The minimum Gasteiger partial charge on any atom is -0.383 e. The molecular weight excluding hydrogens is 373 g/mol. The van der Waals surface area contributed by atoms with Crippen LogP contribution in [0.2, 0.25) is 5.02 Å². The highest BCUT2D eigenvalue weighted by Gasteiger charge is 2.36. The van der Waals surface area contributed by atoms with Gasteiger partial charge in [-0.05, 0) is 31.0 Å². The van der Waals surface area contributed by atoms with Crippen LogP contribution in [0.4, 0.5) is 4.39 Å². The Kier molecular flexibility index (Phi) is 6.68. The fraction of sp³-hybridized carbons (Fsp3) is 0.579. The van der Waals surface area contributed by atoms with Gasteiger partial charge in [-0.3, -0.25) is 14.5 Å². The van der Waals surface area contributed by atoms with Gasteiger partial charge in [0.25, 0.3) is 5.91 Å². The molecule has 0 spiro atoms. The number of likely N-dealkylation sites (tertiary alicyclic amines) is 1. The van der Waals surface area contributed by atoms with Crippen molar-refractivity contribution in [2.24, 2.45) is 0 Å². The van der Waals surface area contributed by atoms with Crippen LogP contribution in [0.1, 0.15) is 23.2 Å². The van der Waals surface area contributed by atoms with E-state index < -0.39 is 5.82 Å². The Hall–Kier alpha value is -1.70. The summed E-state index contributed by atoms with van der Waals surface area (Å²) < 4.78 is 18.4. The van der Waals surface area contributed by atoms with Crippen LogP contribution >= 0.6 is 11.6 Å². The minimum atomic E-state index is -0.534. The van der Waals surface area contributed by atoms with Gasteiger partial charge in [-0.25, -0.2) is 4.39 Å². The first-order valence-electron chi connectivity index (χ1n) is 9.27. The lowest BCUT2D eigenvalue weighted by molar-refractivity contribution is -0.132. The highest BCUT2D eigenvalue weighted by atomic mass is 35.5. The van der Waals surface area contributed by atoms with Crippen molar-refractivity contribution >= 4 is 23.4 Å². The fourth-order valence-electron chi connectivity index (χ4n) is 3.75. The Balaban J connectivity index is 1.59. The molecule has 0 unspecified atom stereocenters. The third-order valence-corrected chi connectivity index (χ3v) is 5.55. The molecule has 27 heavy (non-hydrogen) atoms. The molecular formula is C19H25ClFN3O3. The monoisotopic (exact) mass is 397 g/mol. The van der Waals surface area contributed by atoms with Crippen LogP contribution in [0.25, 0.3) is 0 Å². The predicted octanol–water partition coefficient (Wildman–Crippen LogP) is 1.87. The highest BCUT2D eigenvalue weighted by molar-refractivity contribution is 6.31. The van der Waals surface area contributed by atoms with E-state index in [1.54, 1.807) is 12.0 Å². The van der Waals surface area contributed by atoms with Crippen molar-refractivity contribution in [2.45, 2.75) is 18.9 Å². The molecule has 0 aliphatic carbocycles. The van der Waals surface area contributed by atoms with E-state index in [1.807, 2.05) is 4.90 Å². The van der Waals surface area contributed by atoms with Crippen LogP contribution in [0.5, 0.6) is 0 Å². The normalized spacial score (nSPS) is 21.6. The zero-order valence-corrected chi connectivity index (χ0v) is 16.3. The van der Waals surface area contributed by atoms with Crippen molar-refractivity contribution < 1.29 is 18.7 Å². The molecule has 2 amide bonds. The molecule has 1 atom stereocenters. The quantitative estimate of drug-likeness (QED) is 0.761. The first kappa shape index (κ1) is 20.0. The van der Waals surface area contributed by atoms with Crippen LogP contribution in [0.15, 0.2) is 18.2 Å². The van der Waals surface area contributed by atoms with E-state index in [9.17, 15) is 14.0 Å². The van der Waals surface area contributed by atoms with Crippen LogP contribution in [-0.4, -0.2) is 85.5 Å². The van der Waals surface area contributed by atoms with E-state index in [0.29, 0.717) is 38.3 Å². The van der Waals surface area contributed by atoms with Crippen molar-refractivity contribution in [3.8, 4) is 0 Å². The summed E-state index contributed by atoms with van der Waals surface area (Å²) in [5, 5.41) is -0.0509. The molecule has 2 saturated heterocycles. The number of nitrogens with zero attached hydrogens (tertiary/aromatic N) is 3. The van der Waals surface area contributed by atoms with Crippen molar-refractivity contribution in [3.63, 3.8) is 0 Å². The Bertz CT molecular complexity index is 703. The Labute approximate surface area is 163 Å². The molecule has 2 fully saturated rings. The van der Waals surface area contributed by atoms with E-state index in [2.05, 4.69) is 4.90 Å². The number of rotatable bonds is 5. The molecule has 2 heterocycles. The Morgan fingerprint density at radius 2 is 2.07 bits per heavy atom. The molecule has 6 nitrogen and oxygen atoms in total. The lowest BCUT2D eigenvalue weighted by atomic mass is 10.2. The first-order chi connectivity index (χ1) is 13.0. The van der Waals surface area contributed by atoms with Crippen LogP contribution in [0.3, 0.4) is 0 Å². The summed E-state index contributed by atoms with van der Waals surface area (Å²) in [4.78, 5) is 31.1. The molecule has 2 aliphatic rings. The lowest BCUT2D eigenvalue weighted by Gasteiger charge is -2.26. The summed E-state index contributed by atoms with van der Waals surface area (Å²) in [5.41, 5.74) is 0.387. The topological polar surface area (TPSA) is 53.1 Å². The molecule has 0 bridgehead atoms. The predicted molar refractivity (Wildman–Crippen MR) is 100 cm³/mol. The van der Waals surface area contributed by atoms with E-state index in [1.165, 1.54) is 18.2 Å². The van der Waals surface area contributed by atoms with Gasteiger partial charge in [-0.15, -0.1) is 0 Å². The van der Waals surface area contributed by atoms with Crippen molar-refractivity contribution in [1.82, 2.24) is 14.7 Å². The first-order valence-corrected chi connectivity index (χ1v) is 9.65. The van der Waals surface area contributed by atoms with Gasteiger partial charge in [0.05, 0.1) is 17.7 Å². The molecule has 0 radical (unpaired) electrons. The number of benzene rings is 1. The second kappa shape index (κ2) is 8.99. The summed E-state index contributed by atoms with van der Waals surface area (Å²) in [6, 6.07) is 3.93. The van der Waals surface area contributed by atoms with Crippen LogP contribution in [0, 0.1) is 5.82 Å². The molecule has 148 valence electrons. The smallest absolute Gasteiger partial charge is 0.253 e. The lowest BCUT2D eigenvalue weighted by Crippen LogP contribution is -2.44. The summed E-state index contributed by atoms with van der Waals surface area (Å²) in [6.45, 7) is 4.49. The van der Waals surface area contributed by atoms with E-state index in [4.69, 9.17) is 16.3 Å². The minimum absolute atomic E-state index is 0.0509. The largest absolute Gasteiger partial charge is 0.383 e. The van der Waals surface area contributed by atoms with Gasteiger partial charge in [0.1, 0.15) is 5.82 Å². The molecule has 1 aromatic carbocycles. The van der Waals surface area contributed by atoms with Gasteiger partial charge >= 0.3 is 0 Å². The second-order valence-electron chi connectivity index (χ2n) is 6.93. The number of hydrogen-bond acceptors (Lipinski definition) is 4. The van der Waals surface area contributed by atoms with Crippen molar-refractivity contribution in [3.05, 3.63) is 34.6 Å². The summed E-state index contributed by atoms with van der Waals surface area (Å²) in [7, 11) is 1.63. The molecule has 3 rings (SSSR count). The number of methoxy groups -OCH3 is 1. The van der Waals surface area contributed by atoms with E-state index >= 15 is 0 Å². The number of halogens is 2. The molecule has 1 aromatic rings. The van der Waals surface area contributed by atoms with Crippen LogP contribution < -0.4 is 0 Å². The van der Waals surface area contributed by atoms with Crippen molar-refractivity contribution in [2.75, 3.05) is 53.0 Å². The Morgan fingerprint density at radius 3 is 2.81 bits per heavy atom. The van der Waals surface area contributed by atoms with Gasteiger partial charge in [-0.2, -0.15) is 0 Å².